The lowest BCUT2D eigenvalue weighted by Gasteiger charge is -2.33. The largest absolute Gasteiger partial charge is 0.345 e. The van der Waals surface area contributed by atoms with Gasteiger partial charge in [0.1, 0.15) is 4.88 Å². The van der Waals surface area contributed by atoms with Crippen LogP contribution in [0.5, 0.6) is 0 Å². The number of aromatic nitrogens is 1. The monoisotopic (exact) mass is 390 g/mol. The van der Waals surface area contributed by atoms with Gasteiger partial charge in [-0.1, -0.05) is 17.4 Å². The van der Waals surface area contributed by atoms with Gasteiger partial charge in [0, 0.05) is 26.2 Å². The van der Waals surface area contributed by atoms with Crippen molar-refractivity contribution in [3.8, 4) is 0 Å². The van der Waals surface area contributed by atoms with E-state index in [1.54, 1.807) is 12.4 Å². The Hall–Kier alpha value is -1.82. The first-order chi connectivity index (χ1) is 11.8. The van der Waals surface area contributed by atoms with E-state index in [-0.39, 0.29) is 22.9 Å². The third kappa shape index (κ3) is 4.42. The molecule has 1 aromatic rings. The van der Waals surface area contributed by atoms with Crippen LogP contribution >= 0.6 is 11.3 Å². The van der Waals surface area contributed by atoms with Gasteiger partial charge in [-0.05, 0) is 19.9 Å². The molecule has 0 saturated carbocycles. The molecule has 25 heavy (non-hydrogen) atoms. The van der Waals surface area contributed by atoms with Crippen LogP contribution in [0.1, 0.15) is 23.5 Å². The standard InChI is InChI=1S/C14H19FN4O4S2/c1-3-11(8-10(2)15)25(22,23)19-6-4-18(5-7-19)14-16-9-12(24-14)13(20)17-21/h3,8-9,21H,4-7H2,1-2H3,(H,17,20)/b10-8+,11-3+. The first-order valence-electron chi connectivity index (χ1n) is 7.45. The highest BCUT2D eigenvalue weighted by Crippen LogP contribution is 2.25. The fraction of sp³-hybridized carbons (Fsp3) is 0.429. The molecule has 11 heteroatoms. The quantitative estimate of drug-likeness (QED) is 0.449. The first kappa shape index (κ1) is 19.5. The Balaban J connectivity index is 2.07. The van der Waals surface area contributed by atoms with Gasteiger partial charge >= 0.3 is 0 Å². The van der Waals surface area contributed by atoms with Crippen molar-refractivity contribution in [1.82, 2.24) is 14.8 Å². The van der Waals surface area contributed by atoms with E-state index in [0.717, 1.165) is 17.4 Å². The molecule has 1 fully saturated rings. The number of nitrogens with one attached hydrogen (secondary N) is 1. The van der Waals surface area contributed by atoms with Crippen LogP contribution < -0.4 is 10.4 Å². The molecule has 1 aliphatic heterocycles. The maximum atomic E-state index is 13.1. The van der Waals surface area contributed by atoms with Gasteiger partial charge in [0.2, 0.25) is 10.0 Å². The van der Waals surface area contributed by atoms with Crippen LogP contribution in [0.25, 0.3) is 0 Å². The average molecular weight is 390 g/mol. The third-order valence-electron chi connectivity index (χ3n) is 3.59. The molecule has 1 saturated heterocycles. The molecule has 2 rings (SSSR count). The molecule has 0 atom stereocenters. The molecule has 0 aromatic carbocycles. The number of halogens is 1. The number of sulfonamides is 1. The lowest BCUT2D eigenvalue weighted by Crippen LogP contribution is -2.48. The second kappa shape index (κ2) is 8.04. The fourth-order valence-corrected chi connectivity index (χ4v) is 4.75. The third-order valence-corrected chi connectivity index (χ3v) is 6.64. The lowest BCUT2D eigenvalue weighted by atomic mass is 10.4. The molecular formula is C14H19FN4O4S2. The summed E-state index contributed by atoms with van der Waals surface area (Å²) in [4.78, 5) is 17.5. The molecule has 0 bridgehead atoms. The lowest BCUT2D eigenvalue weighted by molar-refractivity contribution is 0.0710. The van der Waals surface area contributed by atoms with Crippen molar-refractivity contribution in [3.05, 3.63) is 34.0 Å². The summed E-state index contributed by atoms with van der Waals surface area (Å²) in [7, 11) is -3.75. The number of hydrogen-bond acceptors (Lipinski definition) is 7. The molecule has 0 radical (unpaired) electrons. The van der Waals surface area contributed by atoms with Crippen molar-refractivity contribution >= 4 is 32.4 Å². The number of piperazine rings is 1. The van der Waals surface area contributed by atoms with Crippen molar-refractivity contribution < 1.29 is 22.8 Å². The molecule has 0 unspecified atom stereocenters. The number of carbonyl (C=O) groups is 1. The van der Waals surface area contributed by atoms with Crippen LogP contribution in [0.3, 0.4) is 0 Å². The SMILES string of the molecule is C/C=C(\C=C(/C)F)S(=O)(=O)N1CCN(c2ncc(C(=O)NO)s2)CC1. The Kier molecular flexibility index (Phi) is 6.27. The summed E-state index contributed by atoms with van der Waals surface area (Å²) >= 11 is 1.10. The van der Waals surface area contributed by atoms with E-state index in [1.807, 2.05) is 4.90 Å². The zero-order chi connectivity index (χ0) is 18.6. The Morgan fingerprint density at radius 2 is 2.04 bits per heavy atom. The van der Waals surface area contributed by atoms with E-state index in [2.05, 4.69) is 4.98 Å². The molecular weight excluding hydrogens is 371 g/mol. The highest BCUT2D eigenvalue weighted by Gasteiger charge is 2.30. The predicted molar refractivity (Wildman–Crippen MR) is 92.7 cm³/mol. The number of thiazole rings is 1. The van der Waals surface area contributed by atoms with Crippen molar-refractivity contribution in [1.29, 1.82) is 0 Å². The fourth-order valence-electron chi connectivity index (χ4n) is 2.34. The Bertz CT molecular complexity index is 792. The normalized spacial score (nSPS) is 17.7. The topological polar surface area (TPSA) is 103 Å². The van der Waals surface area contributed by atoms with E-state index in [0.29, 0.717) is 18.2 Å². The Morgan fingerprint density at radius 1 is 1.40 bits per heavy atom. The average Bonchev–Trinajstić information content (AvgIpc) is 3.08. The van der Waals surface area contributed by atoms with Crippen molar-refractivity contribution in [2.45, 2.75) is 13.8 Å². The minimum absolute atomic E-state index is 0.0721. The van der Waals surface area contributed by atoms with Gasteiger partial charge in [-0.15, -0.1) is 0 Å². The van der Waals surface area contributed by atoms with Crippen molar-refractivity contribution in [3.63, 3.8) is 0 Å². The molecule has 1 aliphatic rings. The first-order valence-corrected chi connectivity index (χ1v) is 9.70. The number of hydrogen-bond donors (Lipinski definition) is 2. The predicted octanol–water partition coefficient (Wildman–Crippen LogP) is 1.49. The van der Waals surface area contributed by atoms with Gasteiger partial charge < -0.3 is 4.90 Å². The van der Waals surface area contributed by atoms with Crippen LogP contribution in [0.4, 0.5) is 9.52 Å². The van der Waals surface area contributed by atoms with E-state index in [9.17, 15) is 17.6 Å². The van der Waals surface area contributed by atoms with Gasteiger partial charge in [-0.2, -0.15) is 4.31 Å². The van der Waals surface area contributed by atoms with Crippen molar-refractivity contribution in [2.24, 2.45) is 0 Å². The van der Waals surface area contributed by atoms with Crippen molar-refractivity contribution in [2.75, 3.05) is 31.1 Å². The number of allylic oxidation sites excluding steroid dienone is 3. The summed E-state index contributed by atoms with van der Waals surface area (Å²) in [6.07, 6.45) is 3.72. The number of carbonyl (C=O) groups excluding carboxylic acids is 1. The second-order valence-electron chi connectivity index (χ2n) is 5.26. The molecule has 0 aliphatic carbocycles. The van der Waals surface area contributed by atoms with E-state index in [1.165, 1.54) is 23.5 Å². The molecule has 0 spiro atoms. The van der Waals surface area contributed by atoms with Gasteiger partial charge in [0.05, 0.1) is 16.9 Å². The summed E-state index contributed by atoms with van der Waals surface area (Å²) in [5, 5.41) is 9.20. The van der Waals surface area contributed by atoms with Gasteiger partial charge in [0.25, 0.3) is 5.91 Å². The van der Waals surface area contributed by atoms with Gasteiger partial charge in [-0.3, -0.25) is 10.0 Å². The van der Waals surface area contributed by atoms with Crippen LogP contribution in [-0.4, -0.2) is 55.0 Å². The zero-order valence-corrected chi connectivity index (χ0v) is 15.4. The molecule has 8 nitrogen and oxygen atoms in total. The number of anilines is 1. The summed E-state index contributed by atoms with van der Waals surface area (Å²) < 4.78 is 39.5. The smallest absolute Gasteiger partial charge is 0.286 e. The number of rotatable bonds is 5. The molecule has 138 valence electrons. The van der Waals surface area contributed by atoms with Gasteiger partial charge in [0.15, 0.2) is 5.13 Å². The van der Waals surface area contributed by atoms with Crippen LogP contribution in [0, 0.1) is 0 Å². The number of nitrogens with zero attached hydrogens (tertiary/aromatic N) is 3. The molecule has 2 heterocycles. The second-order valence-corrected chi connectivity index (χ2v) is 8.21. The van der Waals surface area contributed by atoms with Crippen LogP contribution in [0.15, 0.2) is 29.1 Å². The number of hydroxylamine groups is 1. The minimum Gasteiger partial charge on any atom is -0.345 e. The van der Waals surface area contributed by atoms with E-state index < -0.39 is 21.8 Å². The zero-order valence-electron chi connectivity index (χ0n) is 13.8. The highest BCUT2D eigenvalue weighted by molar-refractivity contribution is 7.93. The maximum Gasteiger partial charge on any atom is 0.286 e. The summed E-state index contributed by atoms with van der Waals surface area (Å²) in [5.41, 5.74) is 1.54. The molecule has 1 aromatic heterocycles. The number of amides is 1. The Labute approximate surface area is 149 Å². The van der Waals surface area contributed by atoms with Crippen LogP contribution in [-0.2, 0) is 10.0 Å². The highest BCUT2D eigenvalue weighted by atomic mass is 32.2. The molecule has 1 amide bonds. The van der Waals surface area contributed by atoms with Gasteiger partial charge in [-0.25, -0.2) is 23.3 Å². The Morgan fingerprint density at radius 3 is 2.56 bits per heavy atom. The summed E-state index contributed by atoms with van der Waals surface area (Å²) in [5.74, 6) is -1.22. The van der Waals surface area contributed by atoms with E-state index >= 15 is 0 Å². The summed E-state index contributed by atoms with van der Waals surface area (Å²) in [6.45, 7) is 3.97. The minimum atomic E-state index is -3.75. The summed E-state index contributed by atoms with van der Waals surface area (Å²) in [6, 6.07) is 0. The maximum absolute atomic E-state index is 13.1. The van der Waals surface area contributed by atoms with E-state index in [4.69, 9.17) is 5.21 Å². The van der Waals surface area contributed by atoms with Crippen LogP contribution in [0.2, 0.25) is 0 Å². The molecule has 2 N–H and O–H groups in total.